The minimum absolute atomic E-state index is 0.0427. The summed E-state index contributed by atoms with van der Waals surface area (Å²) in [4.78, 5) is 2.25. The molecule has 1 atom stereocenters. The summed E-state index contributed by atoms with van der Waals surface area (Å²) in [6.45, 7) is 7.30. The number of rotatable bonds is 13. The van der Waals surface area contributed by atoms with E-state index in [0.717, 1.165) is 18.7 Å². The van der Waals surface area contributed by atoms with Crippen LogP contribution >= 0.6 is 0 Å². The number of likely N-dealkylation sites (N-methyl/N-ethyl adjacent to an activating group) is 1. The molecule has 1 aromatic rings. The van der Waals surface area contributed by atoms with Gasteiger partial charge < -0.3 is 19.3 Å². The molecule has 1 aromatic carbocycles. The van der Waals surface area contributed by atoms with Gasteiger partial charge in [0, 0.05) is 6.04 Å². The van der Waals surface area contributed by atoms with Crippen molar-refractivity contribution in [2.24, 2.45) is 0 Å². The van der Waals surface area contributed by atoms with Crippen LogP contribution in [0.15, 0.2) is 24.3 Å². The van der Waals surface area contributed by atoms with Crippen molar-refractivity contribution >= 4 is 0 Å². The van der Waals surface area contributed by atoms with E-state index in [9.17, 15) is 0 Å². The van der Waals surface area contributed by atoms with Crippen LogP contribution in [0.1, 0.15) is 19.4 Å². The lowest BCUT2D eigenvalue weighted by Gasteiger charge is -2.22. The molecule has 5 nitrogen and oxygen atoms in total. The average molecular weight is 349 g/mol. The third-order valence-corrected chi connectivity index (χ3v) is 3.82. The zero-order valence-electron chi connectivity index (χ0n) is 15.7. The molecule has 0 saturated heterocycles. The first kappa shape index (κ1) is 21.5. The summed E-state index contributed by atoms with van der Waals surface area (Å²) in [5.41, 5.74) is 1.29. The monoisotopic (exact) mass is 349 g/mol. The Balaban J connectivity index is 2.21. The van der Waals surface area contributed by atoms with E-state index in [1.165, 1.54) is 5.56 Å². The standard InChI is InChI=1S/C20H31NO4/c1-4-5-10-21(3)18(2)17-19-6-8-20(9-7-19)25-16-15-24-14-13-23-12-11-22/h6-9,18,22H,10-17H2,1-3H3/t18-/m1/s1. The smallest absolute Gasteiger partial charge is 0.119 e. The lowest BCUT2D eigenvalue weighted by atomic mass is 10.1. The lowest BCUT2D eigenvalue weighted by molar-refractivity contribution is 0.0247. The van der Waals surface area contributed by atoms with Gasteiger partial charge in [-0.25, -0.2) is 0 Å². The summed E-state index contributed by atoms with van der Waals surface area (Å²) in [5, 5.41) is 8.57. The fourth-order valence-corrected chi connectivity index (χ4v) is 2.18. The summed E-state index contributed by atoms with van der Waals surface area (Å²) >= 11 is 0. The van der Waals surface area contributed by atoms with E-state index >= 15 is 0 Å². The van der Waals surface area contributed by atoms with Crippen molar-refractivity contribution in [2.45, 2.75) is 26.3 Å². The molecule has 0 unspecified atom stereocenters. The van der Waals surface area contributed by atoms with E-state index in [-0.39, 0.29) is 6.61 Å². The maximum Gasteiger partial charge on any atom is 0.119 e. The number of hydrogen-bond acceptors (Lipinski definition) is 5. The first-order valence-electron chi connectivity index (χ1n) is 8.75. The molecule has 0 bridgehead atoms. The first-order valence-corrected chi connectivity index (χ1v) is 8.75. The van der Waals surface area contributed by atoms with Crippen LogP contribution in [-0.4, -0.2) is 69.3 Å². The Kier molecular flexibility index (Phi) is 11.7. The van der Waals surface area contributed by atoms with E-state index < -0.39 is 0 Å². The predicted molar refractivity (Wildman–Crippen MR) is 99.9 cm³/mol. The largest absolute Gasteiger partial charge is 0.491 e. The second-order valence-corrected chi connectivity index (χ2v) is 5.84. The molecule has 1 rings (SSSR count). The lowest BCUT2D eigenvalue weighted by Crippen LogP contribution is -2.31. The summed E-state index contributed by atoms with van der Waals surface area (Å²) in [7, 11) is 2.10. The second kappa shape index (κ2) is 13.7. The predicted octanol–water partition coefficient (Wildman–Crippen LogP) is 1.98. The van der Waals surface area contributed by atoms with Crippen LogP contribution in [0.4, 0.5) is 0 Å². The van der Waals surface area contributed by atoms with E-state index in [1.54, 1.807) is 0 Å². The topological polar surface area (TPSA) is 51.2 Å². The molecular formula is C20H31NO4. The summed E-state index contributed by atoms with van der Waals surface area (Å²) in [6.07, 6.45) is 0.985. The molecule has 140 valence electrons. The molecule has 0 spiro atoms. The van der Waals surface area contributed by atoms with Gasteiger partial charge in [-0.15, -0.1) is 5.92 Å². The zero-order chi connectivity index (χ0) is 18.3. The molecule has 0 fully saturated rings. The highest BCUT2D eigenvalue weighted by molar-refractivity contribution is 5.27. The van der Waals surface area contributed by atoms with Crippen molar-refractivity contribution in [1.29, 1.82) is 0 Å². The quantitative estimate of drug-likeness (QED) is 0.436. The summed E-state index contributed by atoms with van der Waals surface area (Å²) < 4.78 is 16.2. The van der Waals surface area contributed by atoms with Crippen LogP contribution in [0.25, 0.3) is 0 Å². The SMILES string of the molecule is CC#CCN(C)[C@H](C)Cc1ccc(OCCOCCOCCO)cc1. The molecule has 25 heavy (non-hydrogen) atoms. The Labute approximate surface area is 151 Å². The van der Waals surface area contributed by atoms with Gasteiger partial charge in [0.1, 0.15) is 12.4 Å². The first-order chi connectivity index (χ1) is 12.2. The molecule has 0 aliphatic heterocycles. The molecular weight excluding hydrogens is 318 g/mol. The van der Waals surface area contributed by atoms with Gasteiger partial charge in [-0.1, -0.05) is 18.1 Å². The van der Waals surface area contributed by atoms with Crippen LogP contribution in [0, 0.1) is 11.8 Å². The number of nitrogens with zero attached hydrogens (tertiary/aromatic N) is 1. The highest BCUT2D eigenvalue weighted by atomic mass is 16.5. The zero-order valence-corrected chi connectivity index (χ0v) is 15.7. The van der Waals surface area contributed by atoms with E-state index in [4.69, 9.17) is 19.3 Å². The van der Waals surface area contributed by atoms with Gasteiger partial charge in [-0.3, -0.25) is 4.90 Å². The van der Waals surface area contributed by atoms with Gasteiger partial charge in [0.2, 0.25) is 0 Å². The number of benzene rings is 1. The summed E-state index contributed by atoms with van der Waals surface area (Å²) in [5.74, 6) is 6.88. The van der Waals surface area contributed by atoms with Gasteiger partial charge in [0.15, 0.2) is 0 Å². The van der Waals surface area contributed by atoms with Crippen LogP contribution in [-0.2, 0) is 15.9 Å². The van der Waals surface area contributed by atoms with Crippen molar-refractivity contribution in [3.05, 3.63) is 29.8 Å². The molecule has 1 N–H and O–H groups in total. The molecule has 0 aromatic heterocycles. The summed E-state index contributed by atoms with van der Waals surface area (Å²) in [6, 6.07) is 8.65. The third kappa shape index (κ3) is 10.1. The van der Waals surface area contributed by atoms with Gasteiger partial charge in [0.25, 0.3) is 0 Å². The molecule has 0 heterocycles. The fourth-order valence-electron chi connectivity index (χ4n) is 2.18. The van der Waals surface area contributed by atoms with Crippen molar-refractivity contribution in [2.75, 3.05) is 53.2 Å². The third-order valence-electron chi connectivity index (χ3n) is 3.82. The minimum atomic E-state index is 0.0427. The molecule has 0 aliphatic rings. The Hall–Kier alpha value is -1.58. The highest BCUT2D eigenvalue weighted by Crippen LogP contribution is 2.14. The van der Waals surface area contributed by atoms with Gasteiger partial charge in [0.05, 0.1) is 39.6 Å². The van der Waals surface area contributed by atoms with Gasteiger partial charge in [-0.05, 0) is 45.0 Å². The van der Waals surface area contributed by atoms with Crippen LogP contribution in [0.3, 0.4) is 0 Å². The molecule has 0 saturated carbocycles. The Morgan fingerprint density at radius 2 is 1.68 bits per heavy atom. The minimum Gasteiger partial charge on any atom is -0.491 e. The molecule has 0 aliphatic carbocycles. The Bertz CT molecular complexity index is 507. The number of aliphatic hydroxyl groups excluding tert-OH is 1. The van der Waals surface area contributed by atoms with Gasteiger partial charge >= 0.3 is 0 Å². The maximum atomic E-state index is 8.57. The average Bonchev–Trinajstić information content (AvgIpc) is 2.63. The molecule has 5 heteroatoms. The highest BCUT2D eigenvalue weighted by Gasteiger charge is 2.08. The maximum absolute atomic E-state index is 8.57. The molecule has 0 radical (unpaired) electrons. The normalized spacial score (nSPS) is 11.9. The number of hydrogen-bond donors (Lipinski definition) is 1. The van der Waals surface area contributed by atoms with E-state index in [2.05, 4.69) is 42.8 Å². The second-order valence-electron chi connectivity index (χ2n) is 5.84. The number of aliphatic hydroxyl groups is 1. The van der Waals surface area contributed by atoms with Crippen LogP contribution in [0.5, 0.6) is 5.75 Å². The van der Waals surface area contributed by atoms with E-state index in [0.29, 0.717) is 39.1 Å². The van der Waals surface area contributed by atoms with Crippen LogP contribution < -0.4 is 4.74 Å². The Morgan fingerprint density at radius 1 is 1.04 bits per heavy atom. The van der Waals surface area contributed by atoms with Crippen molar-refractivity contribution in [3.8, 4) is 17.6 Å². The van der Waals surface area contributed by atoms with Crippen LogP contribution in [0.2, 0.25) is 0 Å². The number of ether oxygens (including phenoxy) is 3. The Morgan fingerprint density at radius 3 is 2.32 bits per heavy atom. The fraction of sp³-hybridized carbons (Fsp3) is 0.600. The van der Waals surface area contributed by atoms with Gasteiger partial charge in [-0.2, -0.15) is 0 Å². The van der Waals surface area contributed by atoms with E-state index in [1.807, 2.05) is 19.1 Å². The van der Waals surface area contributed by atoms with Crippen molar-refractivity contribution in [3.63, 3.8) is 0 Å². The molecule has 0 amide bonds. The van der Waals surface area contributed by atoms with Crippen molar-refractivity contribution < 1.29 is 19.3 Å². The van der Waals surface area contributed by atoms with Crippen molar-refractivity contribution in [1.82, 2.24) is 4.90 Å².